The fraction of sp³-hybridized carbons (Fsp3) is 0.128. The van der Waals surface area contributed by atoms with Crippen LogP contribution < -0.4 is 14.8 Å². The number of anilines is 1. The standard InChI is InChI=1S/C39H30F4N2O7/c1-51-31-19-14-28(33(21-31)39(41,42)43)20-35(46)44-29-15-12-26(13-16-29)37(49)45(23-36(47)48)22-24-6-17-30(18-7-24)52-38(50)27-10-8-25(9-11-27)32-4-2-3-5-34(32)40/h2-19,21H,20,22-23H2,1H3,(H,44,46)(H,47,48). The van der Waals surface area contributed by atoms with E-state index in [2.05, 4.69) is 5.32 Å². The van der Waals surface area contributed by atoms with Crippen molar-refractivity contribution in [1.82, 2.24) is 4.90 Å². The molecular formula is C39H30F4N2O7. The Labute approximate surface area is 295 Å². The highest BCUT2D eigenvalue weighted by Gasteiger charge is 2.34. The summed E-state index contributed by atoms with van der Waals surface area (Å²) in [6.45, 7) is -0.751. The molecule has 13 heteroatoms. The van der Waals surface area contributed by atoms with E-state index < -0.39 is 54.3 Å². The van der Waals surface area contributed by atoms with Gasteiger partial charge in [-0.05, 0) is 83.4 Å². The highest BCUT2D eigenvalue weighted by Crippen LogP contribution is 2.35. The maximum atomic E-state index is 14.1. The quantitative estimate of drug-likeness (QED) is 0.0774. The Kier molecular flexibility index (Phi) is 11.3. The molecule has 0 unspecified atom stereocenters. The van der Waals surface area contributed by atoms with Crippen LogP contribution in [0, 0.1) is 5.82 Å². The minimum absolute atomic E-state index is 0.00528. The van der Waals surface area contributed by atoms with Crippen molar-refractivity contribution in [3.05, 3.63) is 149 Å². The van der Waals surface area contributed by atoms with Crippen LogP contribution in [0.4, 0.5) is 23.2 Å². The van der Waals surface area contributed by atoms with Crippen LogP contribution in [0.2, 0.25) is 0 Å². The van der Waals surface area contributed by atoms with Crippen molar-refractivity contribution in [3.8, 4) is 22.6 Å². The van der Waals surface area contributed by atoms with E-state index >= 15 is 0 Å². The van der Waals surface area contributed by atoms with Gasteiger partial charge in [-0.2, -0.15) is 13.2 Å². The number of nitrogens with zero attached hydrogens (tertiary/aromatic N) is 1. The molecule has 0 bridgehead atoms. The molecule has 0 aliphatic rings. The second-order valence-electron chi connectivity index (χ2n) is 11.5. The number of esters is 1. The third kappa shape index (κ3) is 9.38. The average Bonchev–Trinajstić information content (AvgIpc) is 3.12. The molecule has 5 aromatic rings. The van der Waals surface area contributed by atoms with Crippen molar-refractivity contribution in [2.24, 2.45) is 0 Å². The Hall–Kier alpha value is -6.50. The minimum Gasteiger partial charge on any atom is -0.497 e. The molecule has 52 heavy (non-hydrogen) atoms. The molecule has 0 atom stereocenters. The summed E-state index contributed by atoms with van der Waals surface area (Å²) in [5.74, 6) is -3.48. The Balaban J connectivity index is 1.20. The first-order valence-corrected chi connectivity index (χ1v) is 15.6. The maximum Gasteiger partial charge on any atom is 0.416 e. The Bertz CT molecular complexity index is 2080. The van der Waals surface area contributed by atoms with E-state index in [-0.39, 0.29) is 40.4 Å². The molecule has 0 saturated carbocycles. The van der Waals surface area contributed by atoms with Gasteiger partial charge in [-0.15, -0.1) is 0 Å². The number of alkyl halides is 3. The van der Waals surface area contributed by atoms with E-state index in [1.54, 1.807) is 42.5 Å². The zero-order chi connectivity index (χ0) is 37.4. The molecule has 0 saturated heterocycles. The predicted molar refractivity (Wildman–Crippen MR) is 182 cm³/mol. The maximum absolute atomic E-state index is 14.1. The molecule has 0 aromatic heterocycles. The summed E-state index contributed by atoms with van der Waals surface area (Å²) in [5, 5.41) is 12.0. The van der Waals surface area contributed by atoms with Crippen LogP contribution in [-0.4, -0.2) is 47.4 Å². The molecule has 0 aliphatic carbocycles. The predicted octanol–water partition coefficient (Wildman–Crippen LogP) is 7.65. The normalized spacial score (nSPS) is 11.0. The third-order valence-corrected chi connectivity index (χ3v) is 7.82. The summed E-state index contributed by atoms with van der Waals surface area (Å²) >= 11 is 0. The number of carboxylic acid groups (broad SMARTS) is 1. The molecule has 0 spiro atoms. The molecule has 2 N–H and O–H groups in total. The first-order chi connectivity index (χ1) is 24.8. The second-order valence-corrected chi connectivity index (χ2v) is 11.5. The fourth-order valence-electron chi connectivity index (χ4n) is 5.25. The number of carbonyl (C=O) groups is 4. The molecule has 0 aliphatic heterocycles. The zero-order valence-corrected chi connectivity index (χ0v) is 27.4. The number of benzene rings is 5. The van der Waals surface area contributed by atoms with Gasteiger partial charge in [0.05, 0.1) is 24.7 Å². The largest absolute Gasteiger partial charge is 0.497 e. The fourth-order valence-corrected chi connectivity index (χ4v) is 5.25. The van der Waals surface area contributed by atoms with Gasteiger partial charge in [0.15, 0.2) is 0 Å². The van der Waals surface area contributed by atoms with E-state index in [1.807, 2.05) is 0 Å². The monoisotopic (exact) mass is 714 g/mol. The highest BCUT2D eigenvalue weighted by atomic mass is 19.4. The lowest BCUT2D eigenvalue weighted by molar-refractivity contribution is -0.139. The van der Waals surface area contributed by atoms with Gasteiger partial charge < -0.3 is 24.8 Å². The molecule has 0 heterocycles. The first kappa shape index (κ1) is 36.8. The molecule has 0 radical (unpaired) electrons. The smallest absolute Gasteiger partial charge is 0.416 e. The van der Waals surface area contributed by atoms with E-state index in [4.69, 9.17) is 9.47 Å². The lowest BCUT2D eigenvalue weighted by Gasteiger charge is -2.21. The third-order valence-electron chi connectivity index (χ3n) is 7.82. The van der Waals surface area contributed by atoms with Gasteiger partial charge in [0.25, 0.3) is 5.91 Å². The molecule has 5 rings (SSSR count). The number of nitrogens with one attached hydrogen (secondary N) is 1. The summed E-state index contributed by atoms with van der Waals surface area (Å²) < 4.78 is 65.0. The van der Waals surface area contributed by atoms with E-state index in [9.17, 15) is 41.8 Å². The minimum atomic E-state index is -4.70. The Morgan fingerprint density at radius 2 is 1.42 bits per heavy atom. The molecular weight excluding hydrogens is 684 g/mol. The van der Waals surface area contributed by atoms with Crippen LogP contribution in [-0.2, 0) is 28.7 Å². The number of hydrogen-bond donors (Lipinski definition) is 2. The Morgan fingerprint density at radius 3 is 2.04 bits per heavy atom. The van der Waals surface area contributed by atoms with Crippen LogP contribution in [0.25, 0.3) is 11.1 Å². The van der Waals surface area contributed by atoms with E-state index in [1.165, 1.54) is 67.8 Å². The van der Waals surface area contributed by atoms with E-state index in [0.29, 0.717) is 16.7 Å². The number of carbonyl (C=O) groups excluding carboxylic acids is 3. The van der Waals surface area contributed by atoms with Crippen molar-refractivity contribution in [3.63, 3.8) is 0 Å². The van der Waals surface area contributed by atoms with Gasteiger partial charge >= 0.3 is 18.1 Å². The van der Waals surface area contributed by atoms with Crippen molar-refractivity contribution in [1.29, 1.82) is 0 Å². The van der Waals surface area contributed by atoms with Gasteiger partial charge in [0, 0.05) is 23.4 Å². The van der Waals surface area contributed by atoms with E-state index in [0.717, 1.165) is 17.0 Å². The number of methoxy groups -OCH3 is 1. The number of aliphatic carboxylic acids is 1. The number of hydrogen-bond acceptors (Lipinski definition) is 6. The van der Waals surface area contributed by atoms with Crippen molar-refractivity contribution < 1.29 is 51.3 Å². The van der Waals surface area contributed by atoms with Crippen LogP contribution in [0.15, 0.2) is 115 Å². The highest BCUT2D eigenvalue weighted by molar-refractivity contribution is 5.97. The molecule has 9 nitrogen and oxygen atoms in total. The molecule has 266 valence electrons. The topological polar surface area (TPSA) is 122 Å². The van der Waals surface area contributed by atoms with Gasteiger partial charge in [-0.1, -0.05) is 48.5 Å². The lowest BCUT2D eigenvalue weighted by atomic mass is 10.0. The summed E-state index contributed by atoms with van der Waals surface area (Å²) in [5.41, 5.74) is 0.811. The SMILES string of the molecule is COc1ccc(CC(=O)Nc2ccc(C(=O)N(CC(=O)O)Cc3ccc(OC(=O)c4ccc(-c5ccccc5F)cc4)cc3)cc2)c(C(F)(F)F)c1. The molecule has 5 aromatic carbocycles. The van der Waals surface area contributed by atoms with Crippen LogP contribution in [0.3, 0.4) is 0 Å². The number of ether oxygens (including phenoxy) is 2. The van der Waals surface area contributed by atoms with Crippen LogP contribution in [0.5, 0.6) is 11.5 Å². The zero-order valence-electron chi connectivity index (χ0n) is 27.4. The van der Waals surface area contributed by atoms with Crippen LogP contribution >= 0.6 is 0 Å². The van der Waals surface area contributed by atoms with Crippen molar-refractivity contribution in [2.75, 3.05) is 19.0 Å². The second kappa shape index (κ2) is 16.0. The van der Waals surface area contributed by atoms with Crippen molar-refractivity contribution >= 4 is 29.4 Å². The molecule has 2 amide bonds. The summed E-state index contributed by atoms with van der Waals surface area (Å²) in [4.78, 5) is 51.3. The number of amides is 2. The van der Waals surface area contributed by atoms with Gasteiger partial charge in [-0.25, -0.2) is 9.18 Å². The number of rotatable bonds is 12. The Morgan fingerprint density at radius 1 is 0.788 bits per heavy atom. The summed E-state index contributed by atoms with van der Waals surface area (Å²) in [7, 11) is 1.23. The van der Waals surface area contributed by atoms with Gasteiger partial charge in [-0.3, -0.25) is 14.4 Å². The summed E-state index contributed by atoms with van der Waals surface area (Å²) in [6, 6.07) is 27.4. The molecule has 0 fully saturated rings. The lowest BCUT2D eigenvalue weighted by Crippen LogP contribution is -2.35. The van der Waals surface area contributed by atoms with Crippen molar-refractivity contribution in [2.45, 2.75) is 19.1 Å². The first-order valence-electron chi connectivity index (χ1n) is 15.6. The number of carboxylic acids is 1. The van der Waals surface area contributed by atoms with Crippen LogP contribution in [0.1, 0.15) is 37.4 Å². The summed E-state index contributed by atoms with van der Waals surface area (Å²) in [6.07, 6.45) is -5.28. The van der Waals surface area contributed by atoms with Gasteiger partial charge in [0.2, 0.25) is 5.91 Å². The average molecular weight is 715 g/mol. The number of halogens is 4. The van der Waals surface area contributed by atoms with Gasteiger partial charge in [0.1, 0.15) is 23.9 Å².